The maximum absolute atomic E-state index is 11.9. The van der Waals surface area contributed by atoms with E-state index >= 15 is 0 Å². The van der Waals surface area contributed by atoms with Crippen molar-refractivity contribution in [3.63, 3.8) is 0 Å². The smallest absolute Gasteiger partial charge is 0.237 e. The molecule has 2 atom stereocenters. The molecule has 5 nitrogen and oxygen atoms in total. The fourth-order valence-corrected chi connectivity index (χ4v) is 2.15. The molecule has 1 aromatic rings. The second-order valence-corrected chi connectivity index (χ2v) is 6.45. The summed E-state index contributed by atoms with van der Waals surface area (Å²) in [6, 6.07) is 7.00. The Hall–Kier alpha value is -1.59. The Labute approximate surface area is 151 Å². The lowest BCUT2D eigenvalue weighted by molar-refractivity contribution is -0.123. The van der Waals surface area contributed by atoms with E-state index in [0.717, 1.165) is 17.7 Å². The standard InChI is InChI=1S/C18H29N3O2.ClH/c1-5-13(4)17(22)21-15-8-6-7-14(10-15)11-20-18(23)16(19)9-12(2)3;/h6-8,10,12-13,16H,5,9,11,19H2,1-4H3,(H,20,23)(H,21,22);1H/t13?,16-;/m0./s1. The first kappa shape index (κ1) is 22.4. The quantitative estimate of drug-likeness (QED) is 0.670. The summed E-state index contributed by atoms with van der Waals surface area (Å²) in [6.07, 6.45) is 1.46. The van der Waals surface area contributed by atoms with Crippen LogP contribution in [-0.4, -0.2) is 17.9 Å². The maximum Gasteiger partial charge on any atom is 0.237 e. The lowest BCUT2D eigenvalue weighted by Gasteiger charge is -2.15. The van der Waals surface area contributed by atoms with Crippen molar-refractivity contribution in [3.8, 4) is 0 Å². The number of nitrogens with one attached hydrogen (secondary N) is 2. The molecule has 0 aliphatic carbocycles. The van der Waals surface area contributed by atoms with Gasteiger partial charge in [-0.2, -0.15) is 0 Å². The molecule has 0 heterocycles. The minimum atomic E-state index is -0.483. The topological polar surface area (TPSA) is 84.2 Å². The van der Waals surface area contributed by atoms with E-state index in [2.05, 4.69) is 10.6 Å². The van der Waals surface area contributed by atoms with Gasteiger partial charge in [0.2, 0.25) is 11.8 Å². The van der Waals surface area contributed by atoms with E-state index in [4.69, 9.17) is 5.73 Å². The summed E-state index contributed by atoms with van der Waals surface area (Å²) in [5, 5.41) is 5.74. The predicted molar refractivity (Wildman–Crippen MR) is 101 cm³/mol. The van der Waals surface area contributed by atoms with Gasteiger partial charge in [-0.3, -0.25) is 9.59 Å². The zero-order valence-corrected chi connectivity index (χ0v) is 15.8. The van der Waals surface area contributed by atoms with Crippen LogP contribution in [0.4, 0.5) is 5.69 Å². The van der Waals surface area contributed by atoms with Crippen LogP contribution in [0.15, 0.2) is 24.3 Å². The van der Waals surface area contributed by atoms with Gasteiger partial charge in [-0.1, -0.05) is 39.8 Å². The molecule has 6 heteroatoms. The van der Waals surface area contributed by atoms with Gasteiger partial charge >= 0.3 is 0 Å². The van der Waals surface area contributed by atoms with Crippen molar-refractivity contribution in [2.24, 2.45) is 17.6 Å². The Balaban J connectivity index is 0.00000529. The summed E-state index contributed by atoms with van der Waals surface area (Å²) in [5.41, 5.74) is 7.53. The minimum Gasteiger partial charge on any atom is -0.351 e. The van der Waals surface area contributed by atoms with Gasteiger partial charge in [0, 0.05) is 18.2 Å². The first-order chi connectivity index (χ1) is 10.8. The molecule has 0 saturated carbocycles. The summed E-state index contributed by atoms with van der Waals surface area (Å²) in [6.45, 7) is 8.36. The van der Waals surface area contributed by atoms with Gasteiger partial charge in [-0.25, -0.2) is 0 Å². The molecular formula is C18H30ClN3O2. The molecule has 24 heavy (non-hydrogen) atoms. The van der Waals surface area contributed by atoms with Crippen LogP contribution in [0, 0.1) is 11.8 Å². The number of carbonyl (C=O) groups is 2. The number of nitrogens with two attached hydrogens (primary N) is 1. The molecule has 2 amide bonds. The van der Waals surface area contributed by atoms with E-state index in [1.807, 2.05) is 52.0 Å². The van der Waals surface area contributed by atoms with Crippen molar-refractivity contribution >= 4 is 29.9 Å². The number of anilines is 1. The van der Waals surface area contributed by atoms with Gasteiger partial charge in [0.25, 0.3) is 0 Å². The summed E-state index contributed by atoms with van der Waals surface area (Å²) < 4.78 is 0. The van der Waals surface area contributed by atoms with Crippen LogP contribution in [0.3, 0.4) is 0 Å². The van der Waals surface area contributed by atoms with E-state index in [1.165, 1.54) is 0 Å². The monoisotopic (exact) mass is 355 g/mol. The van der Waals surface area contributed by atoms with Crippen molar-refractivity contribution in [2.45, 2.75) is 53.1 Å². The second kappa shape index (κ2) is 11.0. The average Bonchev–Trinajstić information content (AvgIpc) is 2.51. The first-order valence-corrected chi connectivity index (χ1v) is 8.26. The molecule has 0 aromatic heterocycles. The molecule has 0 radical (unpaired) electrons. The van der Waals surface area contributed by atoms with Gasteiger partial charge in [-0.05, 0) is 36.5 Å². The molecule has 1 aromatic carbocycles. The lowest BCUT2D eigenvalue weighted by atomic mass is 10.0. The van der Waals surface area contributed by atoms with Crippen LogP contribution in [-0.2, 0) is 16.1 Å². The van der Waals surface area contributed by atoms with Crippen LogP contribution in [0.25, 0.3) is 0 Å². The molecule has 0 saturated heterocycles. The highest BCUT2D eigenvalue weighted by Crippen LogP contribution is 2.13. The van der Waals surface area contributed by atoms with Crippen LogP contribution < -0.4 is 16.4 Å². The van der Waals surface area contributed by atoms with Crippen molar-refractivity contribution in [2.75, 3.05) is 5.32 Å². The van der Waals surface area contributed by atoms with E-state index in [-0.39, 0.29) is 30.1 Å². The Morgan fingerprint density at radius 3 is 2.42 bits per heavy atom. The Kier molecular flexibility index (Phi) is 10.3. The molecule has 1 unspecified atom stereocenters. The van der Waals surface area contributed by atoms with E-state index < -0.39 is 6.04 Å². The normalized spacial score (nSPS) is 12.9. The third kappa shape index (κ3) is 7.79. The number of rotatable bonds is 8. The highest BCUT2D eigenvalue weighted by atomic mass is 35.5. The summed E-state index contributed by atoms with van der Waals surface area (Å²) in [7, 11) is 0. The van der Waals surface area contributed by atoms with Gasteiger partial charge in [0.15, 0.2) is 0 Å². The van der Waals surface area contributed by atoms with Crippen LogP contribution >= 0.6 is 12.4 Å². The zero-order valence-electron chi connectivity index (χ0n) is 15.0. The number of hydrogen-bond acceptors (Lipinski definition) is 3. The third-order valence-electron chi connectivity index (χ3n) is 3.78. The molecular weight excluding hydrogens is 326 g/mol. The number of hydrogen-bond donors (Lipinski definition) is 3. The number of benzene rings is 1. The highest BCUT2D eigenvalue weighted by molar-refractivity contribution is 5.92. The molecule has 0 aliphatic rings. The van der Waals surface area contributed by atoms with E-state index in [1.54, 1.807) is 0 Å². The molecule has 0 aliphatic heterocycles. The zero-order chi connectivity index (χ0) is 17.4. The van der Waals surface area contributed by atoms with Crippen LogP contribution in [0.5, 0.6) is 0 Å². The Bertz CT molecular complexity index is 535. The minimum absolute atomic E-state index is 0. The average molecular weight is 356 g/mol. The van der Waals surface area contributed by atoms with Gasteiger partial charge in [-0.15, -0.1) is 12.4 Å². The predicted octanol–water partition coefficient (Wildman–Crippen LogP) is 3.08. The van der Waals surface area contributed by atoms with Crippen molar-refractivity contribution in [1.82, 2.24) is 5.32 Å². The number of halogens is 1. The van der Waals surface area contributed by atoms with Crippen molar-refractivity contribution < 1.29 is 9.59 Å². The number of carbonyl (C=O) groups excluding carboxylic acids is 2. The number of amides is 2. The highest BCUT2D eigenvalue weighted by Gasteiger charge is 2.14. The molecule has 4 N–H and O–H groups in total. The summed E-state index contributed by atoms with van der Waals surface area (Å²) in [4.78, 5) is 23.9. The van der Waals surface area contributed by atoms with Crippen molar-refractivity contribution in [3.05, 3.63) is 29.8 Å². The van der Waals surface area contributed by atoms with Gasteiger partial charge in [0.1, 0.15) is 0 Å². The first-order valence-electron chi connectivity index (χ1n) is 8.26. The third-order valence-corrected chi connectivity index (χ3v) is 3.78. The summed E-state index contributed by atoms with van der Waals surface area (Å²) >= 11 is 0. The molecule has 0 fully saturated rings. The second-order valence-electron chi connectivity index (χ2n) is 6.45. The Morgan fingerprint density at radius 1 is 1.17 bits per heavy atom. The van der Waals surface area contributed by atoms with E-state index in [9.17, 15) is 9.59 Å². The largest absolute Gasteiger partial charge is 0.351 e. The van der Waals surface area contributed by atoms with E-state index in [0.29, 0.717) is 18.9 Å². The van der Waals surface area contributed by atoms with Gasteiger partial charge < -0.3 is 16.4 Å². The lowest BCUT2D eigenvalue weighted by Crippen LogP contribution is -2.41. The molecule has 0 bridgehead atoms. The SMILES string of the molecule is CCC(C)C(=O)Nc1cccc(CNC(=O)[C@@H](N)CC(C)C)c1.Cl. The van der Waals surface area contributed by atoms with Crippen LogP contribution in [0.1, 0.15) is 46.1 Å². The Morgan fingerprint density at radius 2 is 1.83 bits per heavy atom. The fourth-order valence-electron chi connectivity index (χ4n) is 2.15. The van der Waals surface area contributed by atoms with Gasteiger partial charge in [0.05, 0.1) is 6.04 Å². The maximum atomic E-state index is 11.9. The fraction of sp³-hybridized carbons (Fsp3) is 0.556. The molecule has 136 valence electrons. The molecule has 1 rings (SSSR count). The van der Waals surface area contributed by atoms with Crippen LogP contribution in [0.2, 0.25) is 0 Å². The molecule has 0 spiro atoms. The summed E-state index contributed by atoms with van der Waals surface area (Å²) in [5.74, 6) is 0.225. The van der Waals surface area contributed by atoms with Crippen molar-refractivity contribution in [1.29, 1.82) is 0 Å².